The zero-order valence-corrected chi connectivity index (χ0v) is 12.5. The summed E-state index contributed by atoms with van der Waals surface area (Å²) in [6.45, 7) is 3.92. The molecule has 1 aromatic carbocycles. The van der Waals surface area contributed by atoms with Crippen LogP contribution < -0.4 is 0 Å². The molecule has 0 aliphatic heterocycles. The monoisotopic (exact) mass is 296 g/mol. The first kappa shape index (κ1) is 17.1. The first-order chi connectivity index (χ1) is 9.79. The van der Waals surface area contributed by atoms with Gasteiger partial charge in [0.1, 0.15) is 5.82 Å². The SMILES string of the molecule is CC(C)N(CC(=O)O)CC(=O)N(C)Cc1ccc(F)cc1. The smallest absolute Gasteiger partial charge is 0.317 e. The normalized spacial score (nSPS) is 11.0. The molecule has 0 saturated carbocycles. The lowest BCUT2D eigenvalue weighted by atomic mass is 10.2. The third-order valence-electron chi connectivity index (χ3n) is 3.17. The van der Waals surface area contributed by atoms with Crippen molar-refractivity contribution in [1.29, 1.82) is 0 Å². The molecule has 0 radical (unpaired) electrons. The summed E-state index contributed by atoms with van der Waals surface area (Å²) in [4.78, 5) is 26.0. The maximum atomic E-state index is 12.8. The van der Waals surface area contributed by atoms with E-state index in [-0.39, 0.29) is 30.9 Å². The van der Waals surface area contributed by atoms with Crippen molar-refractivity contribution < 1.29 is 19.1 Å². The van der Waals surface area contributed by atoms with Gasteiger partial charge in [-0.1, -0.05) is 12.1 Å². The van der Waals surface area contributed by atoms with Gasteiger partial charge in [-0.15, -0.1) is 0 Å². The second-order valence-corrected chi connectivity index (χ2v) is 5.27. The molecule has 0 atom stereocenters. The van der Waals surface area contributed by atoms with Crippen molar-refractivity contribution in [2.45, 2.75) is 26.4 Å². The number of carbonyl (C=O) groups is 2. The topological polar surface area (TPSA) is 60.9 Å². The van der Waals surface area contributed by atoms with E-state index in [9.17, 15) is 14.0 Å². The lowest BCUT2D eigenvalue weighted by molar-refractivity contribution is -0.140. The Kier molecular flexibility index (Phi) is 6.30. The van der Waals surface area contributed by atoms with E-state index in [1.54, 1.807) is 24.1 Å². The molecule has 0 saturated heterocycles. The van der Waals surface area contributed by atoms with Gasteiger partial charge in [0.2, 0.25) is 5.91 Å². The molecule has 0 heterocycles. The zero-order valence-electron chi connectivity index (χ0n) is 12.5. The summed E-state index contributed by atoms with van der Waals surface area (Å²) < 4.78 is 12.8. The Morgan fingerprint density at radius 1 is 1.19 bits per heavy atom. The van der Waals surface area contributed by atoms with Gasteiger partial charge in [-0.3, -0.25) is 14.5 Å². The highest BCUT2D eigenvalue weighted by Gasteiger charge is 2.19. The summed E-state index contributed by atoms with van der Waals surface area (Å²) in [6, 6.07) is 5.90. The molecule has 21 heavy (non-hydrogen) atoms. The molecule has 1 N–H and O–H groups in total. The van der Waals surface area contributed by atoms with Crippen molar-refractivity contribution >= 4 is 11.9 Å². The number of nitrogens with zero attached hydrogens (tertiary/aromatic N) is 2. The van der Waals surface area contributed by atoms with Crippen molar-refractivity contribution in [2.24, 2.45) is 0 Å². The number of rotatable bonds is 7. The average molecular weight is 296 g/mol. The Bertz CT molecular complexity index is 488. The summed E-state index contributed by atoms with van der Waals surface area (Å²) in [7, 11) is 1.64. The minimum Gasteiger partial charge on any atom is -0.480 e. The number of carbonyl (C=O) groups excluding carboxylic acids is 1. The molecule has 0 bridgehead atoms. The molecule has 1 rings (SSSR count). The van der Waals surface area contributed by atoms with Crippen molar-refractivity contribution in [3.8, 4) is 0 Å². The van der Waals surface area contributed by atoms with Crippen LogP contribution in [0.5, 0.6) is 0 Å². The highest BCUT2D eigenvalue weighted by atomic mass is 19.1. The third kappa shape index (κ3) is 5.91. The standard InChI is InChI=1S/C15H21FN2O3/c1-11(2)18(10-15(20)21)9-14(19)17(3)8-12-4-6-13(16)7-5-12/h4-7,11H,8-10H2,1-3H3,(H,20,21). The van der Waals surface area contributed by atoms with Crippen molar-refractivity contribution in [1.82, 2.24) is 9.80 Å². The maximum absolute atomic E-state index is 12.8. The molecule has 116 valence electrons. The van der Waals surface area contributed by atoms with Crippen LogP contribution in [0.15, 0.2) is 24.3 Å². The minimum absolute atomic E-state index is 0.0377. The number of amides is 1. The van der Waals surface area contributed by atoms with Crippen LogP contribution in [0.25, 0.3) is 0 Å². The molecular formula is C15H21FN2O3. The summed E-state index contributed by atoms with van der Waals surface area (Å²) in [5.74, 6) is -1.45. The lowest BCUT2D eigenvalue weighted by Gasteiger charge is -2.26. The first-order valence-electron chi connectivity index (χ1n) is 6.74. The van der Waals surface area contributed by atoms with E-state index in [0.29, 0.717) is 6.54 Å². The molecule has 0 spiro atoms. The van der Waals surface area contributed by atoms with Gasteiger partial charge in [0, 0.05) is 19.6 Å². The first-order valence-corrected chi connectivity index (χ1v) is 6.74. The maximum Gasteiger partial charge on any atom is 0.317 e. The molecule has 0 aliphatic carbocycles. The molecule has 6 heteroatoms. The fraction of sp³-hybridized carbons (Fsp3) is 0.467. The van der Waals surface area contributed by atoms with Crippen LogP contribution in [0.3, 0.4) is 0 Å². The Hall–Kier alpha value is -1.95. The fourth-order valence-electron chi connectivity index (χ4n) is 1.84. The lowest BCUT2D eigenvalue weighted by Crippen LogP contribution is -2.43. The fourth-order valence-corrected chi connectivity index (χ4v) is 1.84. The highest BCUT2D eigenvalue weighted by molar-refractivity contribution is 5.79. The predicted molar refractivity (Wildman–Crippen MR) is 77.2 cm³/mol. The molecule has 0 aliphatic rings. The van der Waals surface area contributed by atoms with E-state index in [2.05, 4.69) is 0 Å². The number of hydrogen-bond donors (Lipinski definition) is 1. The van der Waals surface area contributed by atoms with Gasteiger partial charge in [-0.25, -0.2) is 4.39 Å². The summed E-state index contributed by atoms with van der Waals surface area (Å²) >= 11 is 0. The number of benzene rings is 1. The van der Waals surface area contributed by atoms with Crippen LogP contribution >= 0.6 is 0 Å². The molecular weight excluding hydrogens is 275 g/mol. The number of halogens is 1. The van der Waals surface area contributed by atoms with Crippen molar-refractivity contribution in [3.05, 3.63) is 35.6 Å². The van der Waals surface area contributed by atoms with Crippen molar-refractivity contribution in [3.63, 3.8) is 0 Å². The minimum atomic E-state index is -0.960. The van der Waals surface area contributed by atoms with E-state index in [1.165, 1.54) is 17.0 Å². The molecule has 0 aromatic heterocycles. The largest absolute Gasteiger partial charge is 0.480 e. The van der Waals surface area contributed by atoms with E-state index < -0.39 is 5.97 Å². The number of carboxylic acid groups (broad SMARTS) is 1. The average Bonchev–Trinajstić information content (AvgIpc) is 2.39. The molecule has 0 unspecified atom stereocenters. The van der Waals surface area contributed by atoms with Gasteiger partial charge in [0.05, 0.1) is 13.1 Å². The second kappa shape index (κ2) is 7.73. The molecule has 5 nitrogen and oxygen atoms in total. The molecule has 1 aromatic rings. The van der Waals surface area contributed by atoms with Gasteiger partial charge >= 0.3 is 5.97 Å². The van der Waals surface area contributed by atoms with Crippen LogP contribution in [0.1, 0.15) is 19.4 Å². The zero-order chi connectivity index (χ0) is 16.0. The Morgan fingerprint density at radius 3 is 2.24 bits per heavy atom. The molecule has 1 amide bonds. The van der Waals surface area contributed by atoms with Crippen LogP contribution in [0.4, 0.5) is 4.39 Å². The van der Waals surface area contributed by atoms with Gasteiger partial charge < -0.3 is 10.0 Å². The van der Waals surface area contributed by atoms with E-state index in [1.807, 2.05) is 13.8 Å². The van der Waals surface area contributed by atoms with Gasteiger partial charge in [-0.2, -0.15) is 0 Å². The van der Waals surface area contributed by atoms with E-state index in [0.717, 1.165) is 5.56 Å². The van der Waals surface area contributed by atoms with Crippen LogP contribution in [-0.4, -0.2) is 53.0 Å². The van der Waals surface area contributed by atoms with Gasteiger partial charge in [0.25, 0.3) is 0 Å². The number of carboxylic acids is 1. The van der Waals surface area contributed by atoms with E-state index in [4.69, 9.17) is 5.11 Å². The summed E-state index contributed by atoms with van der Waals surface area (Å²) in [5.41, 5.74) is 0.821. The van der Waals surface area contributed by atoms with Crippen LogP contribution in [0, 0.1) is 5.82 Å². The Balaban J connectivity index is 2.60. The second-order valence-electron chi connectivity index (χ2n) is 5.27. The van der Waals surface area contributed by atoms with Gasteiger partial charge in [0.15, 0.2) is 0 Å². The Morgan fingerprint density at radius 2 is 1.76 bits per heavy atom. The summed E-state index contributed by atoms with van der Waals surface area (Å²) in [6.07, 6.45) is 0. The quantitative estimate of drug-likeness (QED) is 0.830. The molecule has 0 fully saturated rings. The predicted octanol–water partition coefficient (Wildman–Crippen LogP) is 1.58. The van der Waals surface area contributed by atoms with Gasteiger partial charge in [-0.05, 0) is 31.5 Å². The van der Waals surface area contributed by atoms with Crippen molar-refractivity contribution in [2.75, 3.05) is 20.1 Å². The Labute approximate surface area is 124 Å². The number of hydrogen-bond acceptors (Lipinski definition) is 3. The third-order valence-corrected chi connectivity index (χ3v) is 3.17. The highest BCUT2D eigenvalue weighted by Crippen LogP contribution is 2.07. The van der Waals surface area contributed by atoms with Crippen LogP contribution in [-0.2, 0) is 16.1 Å². The number of likely N-dealkylation sites (N-methyl/N-ethyl adjacent to an activating group) is 1. The van der Waals surface area contributed by atoms with E-state index >= 15 is 0 Å². The van der Waals surface area contributed by atoms with Crippen LogP contribution in [0.2, 0.25) is 0 Å². The summed E-state index contributed by atoms with van der Waals surface area (Å²) in [5, 5.41) is 8.84. The number of aliphatic carboxylic acids is 1.